The first kappa shape index (κ1) is 14.9. The Labute approximate surface area is 130 Å². The van der Waals surface area contributed by atoms with Crippen LogP contribution in [0.3, 0.4) is 0 Å². The molecule has 0 atom stereocenters. The van der Waals surface area contributed by atoms with Crippen molar-refractivity contribution in [1.82, 2.24) is 0 Å². The molecule has 0 unspecified atom stereocenters. The normalized spacial score (nSPS) is 28.0. The van der Waals surface area contributed by atoms with Crippen LogP contribution in [0.15, 0.2) is 36.4 Å². The van der Waals surface area contributed by atoms with Gasteiger partial charge in [0.05, 0.1) is 0 Å². The number of rotatable bonds is 3. The molecule has 2 aliphatic carbocycles. The first-order valence-corrected chi connectivity index (χ1v) is 9.06. The molecule has 3 rings (SSSR count). The summed E-state index contributed by atoms with van der Waals surface area (Å²) >= 11 is 0. The lowest BCUT2D eigenvalue weighted by atomic mass is 9.78. The summed E-state index contributed by atoms with van der Waals surface area (Å²) in [6.45, 7) is 2.18. The molecule has 0 amide bonds. The summed E-state index contributed by atoms with van der Waals surface area (Å²) in [4.78, 5) is 0. The monoisotopic (exact) mass is 282 g/mol. The van der Waals surface area contributed by atoms with Crippen LogP contribution in [-0.2, 0) is 0 Å². The van der Waals surface area contributed by atoms with Gasteiger partial charge in [0, 0.05) is 0 Å². The van der Waals surface area contributed by atoms with E-state index in [9.17, 15) is 0 Å². The SMILES string of the molecule is Cc1ccc(C2CCC(/C=C/C3CCCCC3)CC2)cc1. The molecule has 0 aliphatic heterocycles. The molecule has 1 aromatic carbocycles. The maximum Gasteiger partial charge on any atom is -0.0162 e. The van der Waals surface area contributed by atoms with Gasteiger partial charge in [-0.25, -0.2) is 0 Å². The highest BCUT2D eigenvalue weighted by Crippen LogP contribution is 2.37. The Morgan fingerprint density at radius 2 is 1.29 bits per heavy atom. The standard InChI is InChI=1S/C21H30/c1-17-7-13-20(14-8-17)21-15-11-19(12-16-21)10-9-18-5-3-2-4-6-18/h7-10,13-14,18-19,21H,2-6,11-12,15-16H2,1H3/b10-9+. The Morgan fingerprint density at radius 3 is 1.90 bits per heavy atom. The minimum absolute atomic E-state index is 0.810. The zero-order chi connectivity index (χ0) is 14.5. The summed E-state index contributed by atoms with van der Waals surface area (Å²) in [6, 6.07) is 9.23. The Kier molecular flexibility index (Phi) is 5.17. The molecule has 1 aromatic rings. The van der Waals surface area contributed by atoms with Gasteiger partial charge in [0.15, 0.2) is 0 Å². The van der Waals surface area contributed by atoms with E-state index in [-0.39, 0.29) is 0 Å². The predicted octanol–water partition coefficient (Wildman–Crippen LogP) is 6.41. The van der Waals surface area contributed by atoms with Gasteiger partial charge in [0.25, 0.3) is 0 Å². The van der Waals surface area contributed by atoms with Crippen molar-refractivity contribution >= 4 is 0 Å². The molecule has 0 aromatic heterocycles. The van der Waals surface area contributed by atoms with Gasteiger partial charge in [-0.05, 0) is 68.8 Å². The van der Waals surface area contributed by atoms with Gasteiger partial charge in [-0.1, -0.05) is 61.2 Å². The zero-order valence-corrected chi connectivity index (χ0v) is 13.6. The lowest BCUT2D eigenvalue weighted by Crippen LogP contribution is -2.12. The highest BCUT2D eigenvalue weighted by Gasteiger charge is 2.21. The molecule has 0 saturated heterocycles. The summed E-state index contributed by atoms with van der Waals surface area (Å²) < 4.78 is 0. The Hall–Kier alpha value is -1.04. The second-order valence-corrected chi connectivity index (χ2v) is 7.31. The van der Waals surface area contributed by atoms with Gasteiger partial charge < -0.3 is 0 Å². The van der Waals surface area contributed by atoms with Gasteiger partial charge in [-0.15, -0.1) is 0 Å². The average Bonchev–Trinajstić information content (AvgIpc) is 2.55. The van der Waals surface area contributed by atoms with Crippen LogP contribution in [0.4, 0.5) is 0 Å². The van der Waals surface area contributed by atoms with Crippen molar-refractivity contribution in [3.63, 3.8) is 0 Å². The number of allylic oxidation sites excluding steroid dienone is 2. The van der Waals surface area contributed by atoms with Gasteiger partial charge in [0.2, 0.25) is 0 Å². The van der Waals surface area contributed by atoms with Crippen molar-refractivity contribution in [1.29, 1.82) is 0 Å². The molecule has 21 heavy (non-hydrogen) atoms. The molecule has 0 spiro atoms. The van der Waals surface area contributed by atoms with Gasteiger partial charge in [0.1, 0.15) is 0 Å². The average molecular weight is 282 g/mol. The van der Waals surface area contributed by atoms with Crippen LogP contribution in [0.2, 0.25) is 0 Å². The van der Waals surface area contributed by atoms with Crippen molar-refractivity contribution in [2.24, 2.45) is 11.8 Å². The predicted molar refractivity (Wildman–Crippen MR) is 91.6 cm³/mol. The Morgan fingerprint density at radius 1 is 0.714 bits per heavy atom. The van der Waals surface area contributed by atoms with E-state index >= 15 is 0 Å². The fraction of sp³-hybridized carbons (Fsp3) is 0.619. The highest BCUT2D eigenvalue weighted by molar-refractivity contribution is 5.25. The van der Waals surface area contributed by atoms with Crippen LogP contribution in [-0.4, -0.2) is 0 Å². The maximum absolute atomic E-state index is 2.57. The van der Waals surface area contributed by atoms with Gasteiger partial charge in [-0.3, -0.25) is 0 Å². The van der Waals surface area contributed by atoms with E-state index in [4.69, 9.17) is 0 Å². The molecule has 0 nitrogen and oxygen atoms in total. The van der Waals surface area contributed by atoms with Gasteiger partial charge >= 0.3 is 0 Å². The fourth-order valence-electron chi connectivity index (χ4n) is 4.12. The molecule has 114 valence electrons. The van der Waals surface area contributed by atoms with Gasteiger partial charge in [-0.2, -0.15) is 0 Å². The molecule has 2 saturated carbocycles. The summed E-state index contributed by atoms with van der Waals surface area (Å²) in [6.07, 6.45) is 17.9. The summed E-state index contributed by atoms with van der Waals surface area (Å²) in [5, 5.41) is 0. The molecular formula is C21H30. The molecule has 0 heteroatoms. The first-order chi connectivity index (χ1) is 10.3. The molecular weight excluding hydrogens is 252 g/mol. The summed E-state index contributed by atoms with van der Waals surface area (Å²) in [5.41, 5.74) is 2.94. The van der Waals surface area contributed by atoms with Crippen LogP contribution >= 0.6 is 0 Å². The van der Waals surface area contributed by atoms with Crippen molar-refractivity contribution < 1.29 is 0 Å². The van der Waals surface area contributed by atoms with E-state index in [2.05, 4.69) is 43.3 Å². The summed E-state index contributed by atoms with van der Waals surface area (Å²) in [7, 11) is 0. The van der Waals surface area contributed by atoms with E-state index in [0.717, 1.165) is 17.8 Å². The van der Waals surface area contributed by atoms with E-state index in [1.54, 1.807) is 5.56 Å². The van der Waals surface area contributed by atoms with Crippen molar-refractivity contribution in [3.8, 4) is 0 Å². The van der Waals surface area contributed by atoms with E-state index < -0.39 is 0 Å². The molecule has 2 fully saturated rings. The van der Waals surface area contributed by atoms with Crippen LogP contribution in [0.25, 0.3) is 0 Å². The van der Waals surface area contributed by atoms with Crippen molar-refractivity contribution in [2.75, 3.05) is 0 Å². The number of hydrogen-bond acceptors (Lipinski definition) is 0. The largest absolute Gasteiger partial charge is 0.0851 e. The quantitative estimate of drug-likeness (QED) is 0.562. The first-order valence-electron chi connectivity index (χ1n) is 9.06. The molecule has 0 bridgehead atoms. The Balaban J connectivity index is 1.48. The third-order valence-electron chi connectivity index (χ3n) is 5.63. The number of aryl methyl sites for hydroxylation is 1. The van der Waals surface area contributed by atoms with Crippen LogP contribution in [0.1, 0.15) is 74.8 Å². The number of hydrogen-bond donors (Lipinski definition) is 0. The highest BCUT2D eigenvalue weighted by atomic mass is 14.3. The van der Waals surface area contributed by atoms with E-state index in [1.165, 1.54) is 63.4 Å². The van der Waals surface area contributed by atoms with E-state index in [1.807, 2.05) is 0 Å². The summed E-state index contributed by atoms with van der Waals surface area (Å²) in [5.74, 6) is 2.56. The smallest absolute Gasteiger partial charge is 0.0162 e. The topological polar surface area (TPSA) is 0 Å². The van der Waals surface area contributed by atoms with Crippen molar-refractivity contribution in [2.45, 2.75) is 70.6 Å². The lowest BCUT2D eigenvalue weighted by Gasteiger charge is -2.27. The Bertz CT molecular complexity index is 439. The van der Waals surface area contributed by atoms with Crippen molar-refractivity contribution in [3.05, 3.63) is 47.5 Å². The molecule has 0 N–H and O–H groups in total. The second-order valence-electron chi connectivity index (χ2n) is 7.31. The molecule has 0 heterocycles. The third-order valence-corrected chi connectivity index (χ3v) is 5.63. The van der Waals surface area contributed by atoms with E-state index in [0.29, 0.717) is 0 Å². The zero-order valence-electron chi connectivity index (χ0n) is 13.6. The minimum Gasteiger partial charge on any atom is -0.0851 e. The number of benzene rings is 1. The fourth-order valence-corrected chi connectivity index (χ4v) is 4.12. The van der Waals surface area contributed by atoms with Crippen LogP contribution < -0.4 is 0 Å². The molecule has 2 aliphatic rings. The van der Waals surface area contributed by atoms with Crippen LogP contribution in [0, 0.1) is 18.8 Å². The molecule has 0 radical (unpaired) electrons. The minimum atomic E-state index is 0.810. The van der Waals surface area contributed by atoms with Crippen LogP contribution in [0.5, 0.6) is 0 Å². The third kappa shape index (κ3) is 4.22. The lowest BCUT2D eigenvalue weighted by molar-refractivity contribution is 0.370. The second kappa shape index (κ2) is 7.29. The maximum atomic E-state index is 2.57.